The number of hydrogen-bond donors (Lipinski definition) is 1. The molecule has 0 saturated carbocycles. The van der Waals surface area contributed by atoms with Gasteiger partial charge < -0.3 is 5.32 Å². The topological polar surface area (TPSA) is 75.7 Å². The molecule has 0 radical (unpaired) electrons. The molecule has 0 fully saturated rings. The van der Waals surface area contributed by atoms with Crippen LogP contribution in [-0.2, 0) is 11.4 Å². The second-order valence-corrected chi connectivity index (χ2v) is 7.05. The molecule has 1 heterocycles. The van der Waals surface area contributed by atoms with Crippen molar-refractivity contribution in [1.29, 1.82) is 0 Å². The van der Waals surface area contributed by atoms with E-state index in [1.165, 1.54) is 29.6 Å². The van der Waals surface area contributed by atoms with Crippen molar-refractivity contribution in [3.8, 4) is 0 Å². The van der Waals surface area contributed by atoms with Gasteiger partial charge in [-0.2, -0.15) is 0 Å². The van der Waals surface area contributed by atoms with Crippen LogP contribution in [-0.4, -0.2) is 22.8 Å². The smallest absolute Gasteiger partial charge is 0.285 e. The van der Waals surface area contributed by atoms with Crippen molar-refractivity contribution >= 4 is 23.4 Å². The second-order valence-electron chi connectivity index (χ2n) is 7.05. The van der Waals surface area contributed by atoms with Gasteiger partial charge in [0, 0.05) is 5.56 Å². The van der Waals surface area contributed by atoms with Gasteiger partial charge in [-0.25, -0.2) is 30.7 Å². The molecule has 0 bridgehead atoms. The molecule has 3 aromatic carbocycles. The summed E-state index contributed by atoms with van der Waals surface area (Å²) in [6.45, 7) is -0.900. The molecule has 0 aromatic heterocycles. The van der Waals surface area contributed by atoms with E-state index in [1.54, 1.807) is 0 Å². The first-order chi connectivity index (χ1) is 16.5. The molecule has 0 aliphatic carbocycles. The molecule has 4 rings (SSSR count). The highest BCUT2D eigenvalue weighted by Gasteiger charge is 2.37. The quantitative estimate of drug-likeness (QED) is 0.241. The van der Waals surface area contributed by atoms with Crippen LogP contribution < -0.4 is 5.32 Å². The Balaban J connectivity index is 1.64. The van der Waals surface area contributed by atoms with Crippen molar-refractivity contribution < 1.29 is 50.0 Å². The Kier molecular flexibility index (Phi) is 6.03. The number of nitrogens with one attached hydrogen (secondary N) is 1. The highest BCUT2D eigenvalue weighted by molar-refractivity contribution is 6.20. The maximum atomic E-state index is 13.9. The summed E-state index contributed by atoms with van der Waals surface area (Å²) >= 11 is 0. The number of anilines is 1. The van der Waals surface area contributed by atoms with Gasteiger partial charge in [0.25, 0.3) is 17.7 Å². The summed E-state index contributed by atoms with van der Waals surface area (Å²) < 4.78 is 95.5. The van der Waals surface area contributed by atoms with Crippen LogP contribution in [0.2, 0.25) is 0 Å². The van der Waals surface area contributed by atoms with Gasteiger partial charge in [0.1, 0.15) is 12.3 Å². The number of hydrogen-bond acceptors (Lipinski definition) is 4. The molecule has 0 atom stereocenters. The number of fused-ring (bicyclic) bond motifs is 1. The first-order valence-electron chi connectivity index (χ1n) is 9.44. The minimum absolute atomic E-state index is 0.00735. The number of imide groups is 1. The molecule has 3 aromatic rings. The largest absolute Gasteiger partial charge is 0.317 e. The van der Waals surface area contributed by atoms with E-state index in [4.69, 9.17) is 4.84 Å². The number of carbonyl (C=O) groups is 3. The first kappa shape index (κ1) is 23.9. The zero-order valence-electron chi connectivity index (χ0n) is 16.9. The van der Waals surface area contributed by atoms with E-state index >= 15 is 0 Å². The molecule has 0 unspecified atom stereocenters. The highest BCUT2D eigenvalue weighted by atomic mass is 19.2. The van der Waals surface area contributed by atoms with Gasteiger partial charge in [0.2, 0.25) is 5.82 Å². The SMILES string of the molecule is O=C(Nc1c(F)c(F)c(F)c(F)c1F)c1cc(F)c(F)cc1CON1C(=O)c2ccccc2C1=O. The van der Waals surface area contributed by atoms with Crippen LogP contribution >= 0.6 is 0 Å². The summed E-state index contributed by atoms with van der Waals surface area (Å²) in [5.41, 5.74) is -3.12. The Hall–Kier alpha value is -4.26. The van der Waals surface area contributed by atoms with E-state index in [9.17, 15) is 45.1 Å². The zero-order chi connectivity index (χ0) is 25.6. The monoisotopic (exact) mass is 498 g/mol. The lowest BCUT2D eigenvalue weighted by atomic mass is 10.1. The normalized spacial score (nSPS) is 12.8. The first-order valence-corrected chi connectivity index (χ1v) is 9.44. The molecule has 1 aliphatic rings. The Bertz CT molecular complexity index is 1360. The minimum atomic E-state index is -2.47. The second kappa shape index (κ2) is 8.83. The predicted octanol–water partition coefficient (Wildman–Crippen LogP) is 4.64. The summed E-state index contributed by atoms with van der Waals surface area (Å²) in [4.78, 5) is 42.3. The lowest BCUT2D eigenvalue weighted by Gasteiger charge is -2.16. The Morgan fingerprint density at radius 2 is 1.26 bits per heavy atom. The van der Waals surface area contributed by atoms with E-state index in [-0.39, 0.29) is 17.2 Å². The van der Waals surface area contributed by atoms with Crippen LogP contribution in [0, 0.1) is 40.7 Å². The van der Waals surface area contributed by atoms with Crippen molar-refractivity contribution in [3.63, 3.8) is 0 Å². The zero-order valence-corrected chi connectivity index (χ0v) is 16.9. The Morgan fingerprint density at radius 3 is 1.80 bits per heavy atom. The Labute approximate surface area is 190 Å². The molecule has 6 nitrogen and oxygen atoms in total. The van der Waals surface area contributed by atoms with Gasteiger partial charge in [-0.05, 0) is 29.8 Å². The standard InChI is InChI=1S/C22H9F7N2O4/c23-12-5-8(7-35-31-21(33)9-3-1-2-4-10(9)22(31)34)11(6-13(12)24)20(32)30-19-17(28)15(26)14(25)16(27)18(19)29/h1-6H,7H2,(H,30,32). The molecule has 3 amide bonds. The number of carbonyl (C=O) groups excluding carboxylic acids is 3. The van der Waals surface area contributed by atoms with Gasteiger partial charge in [0.15, 0.2) is 34.9 Å². The van der Waals surface area contributed by atoms with E-state index in [0.717, 1.165) is 0 Å². The Morgan fingerprint density at radius 1 is 0.771 bits per heavy atom. The van der Waals surface area contributed by atoms with Gasteiger partial charge in [-0.15, -0.1) is 5.06 Å². The van der Waals surface area contributed by atoms with Crippen LogP contribution in [0.4, 0.5) is 36.4 Å². The van der Waals surface area contributed by atoms with Gasteiger partial charge >= 0.3 is 0 Å². The van der Waals surface area contributed by atoms with Crippen molar-refractivity contribution in [2.75, 3.05) is 5.32 Å². The maximum Gasteiger partial charge on any atom is 0.285 e. The number of amides is 3. The highest BCUT2D eigenvalue weighted by Crippen LogP contribution is 2.29. The summed E-state index contributed by atoms with van der Waals surface area (Å²) in [6.07, 6.45) is 0. The van der Waals surface area contributed by atoms with E-state index in [1.807, 2.05) is 0 Å². The van der Waals surface area contributed by atoms with Crippen molar-refractivity contribution in [2.24, 2.45) is 0 Å². The molecule has 1 N–H and O–H groups in total. The molecule has 0 saturated heterocycles. The molecule has 35 heavy (non-hydrogen) atoms. The van der Waals surface area contributed by atoms with Crippen LogP contribution in [0.1, 0.15) is 36.6 Å². The summed E-state index contributed by atoms with van der Waals surface area (Å²) in [7, 11) is 0. The fraction of sp³-hybridized carbons (Fsp3) is 0.0455. The van der Waals surface area contributed by atoms with Crippen molar-refractivity contribution in [2.45, 2.75) is 6.61 Å². The fourth-order valence-electron chi connectivity index (χ4n) is 3.23. The summed E-state index contributed by atoms with van der Waals surface area (Å²) in [6, 6.07) is 6.33. The van der Waals surface area contributed by atoms with E-state index in [0.29, 0.717) is 11.1 Å². The van der Waals surface area contributed by atoms with Gasteiger partial charge in [0.05, 0.1) is 11.1 Å². The molecule has 1 aliphatic heterocycles. The number of halogens is 7. The average molecular weight is 498 g/mol. The summed E-state index contributed by atoms with van der Waals surface area (Å²) in [5, 5.41) is 1.73. The van der Waals surface area contributed by atoms with Crippen LogP contribution in [0.3, 0.4) is 0 Å². The lowest BCUT2D eigenvalue weighted by molar-refractivity contribution is -0.101. The van der Waals surface area contributed by atoms with Gasteiger partial charge in [-0.3, -0.25) is 19.2 Å². The van der Waals surface area contributed by atoms with E-state index < -0.39 is 81.9 Å². The molecular formula is C22H9F7N2O4. The number of nitrogens with zero attached hydrogens (tertiary/aromatic N) is 1. The minimum Gasteiger partial charge on any atom is -0.317 e. The third kappa shape index (κ3) is 3.99. The average Bonchev–Trinajstić information content (AvgIpc) is 3.09. The molecular weight excluding hydrogens is 489 g/mol. The predicted molar refractivity (Wildman–Crippen MR) is 102 cm³/mol. The third-order valence-corrected chi connectivity index (χ3v) is 4.95. The van der Waals surface area contributed by atoms with Crippen molar-refractivity contribution in [3.05, 3.63) is 99.4 Å². The molecule has 0 spiro atoms. The third-order valence-electron chi connectivity index (χ3n) is 4.95. The van der Waals surface area contributed by atoms with Crippen molar-refractivity contribution in [1.82, 2.24) is 5.06 Å². The maximum absolute atomic E-state index is 13.9. The molecule has 13 heteroatoms. The van der Waals surface area contributed by atoms with Crippen LogP contribution in [0.15, 0.2) is 36.4 Å². The number of hydroxylamine groups is 2. The van der Waals surface area contributed by atoms with Gasteiger partial charge in [-0.1, -0.05) is 12.1 Å². The molecule has 180 valence electrons. The summed E-state index contributed by atoms with van der Waals surface area (Å²) in [5.74, 6) is -18.4. The number of rotatable bonds is 5. The number of benzene rings is 3. The van der Waals surface area contributed by atoms with E-state index in [2.05, 4.69) is 0 Å². The fourth-order valence-corrected chi connectivity index (χ4v) is 3.23. The van der Waals surface area contributed by atoms with Crippen LogP contribution in [0.25, 0.3) is 0 Å². The van der Waals surface area contributed by atoms with Crippen LogP contribution in [0.5, 0.6) is 0 Å². The lowest BCUT2D eigenvalue weighted by Crippen LogP contribution is -2.30.